The van der Waals surface area contributed by atoms with Gasteiger partial charge < -0.3 is 10.4 Å². The number of hydrogen-bond acceptors (Lipinski definition) is 3. The highest BCUT2D eigenvalue weighted by Gasteiger charge is 2.12. The minimum Gasteiger partial charge on any atom is -0.480 e. The molecule has 0 bridgehead atoms. The number of carbonyl (C=O) groups excluding carboxylic acids is 1. The highest BCUT2D eigenvalue weighted by atomic mass is 16.4. The first-order valence-corrected chi connectivity index (χ1v) is 6.28. The SMILES string of the molecule is CC(CNC(=O)CN[C@H](C)C(=O)O)c1ccccc1. The minimum atomic E-state index is -0.967. The lowest BCUT2D eigenvalue weighted by Crippen LogP contribution is -2.42. The Morgan fingerprint density at radius 3 is 2.42 bits per heavy atom. The molecular formula is C14H20N2O3. The number of carboxylic acid groups (broad SMARTS) is 1. The van der Waals surface area contributed by atoms with Crippen molar-refractivity contribution in [3.8, 4) is 0 Å². The summed E-state index contributed by atoms with van der Waals surface area (Å²) in [5.41, 5.74) is 1.16. The molecule has 104 valence electrons. The zero-order valence-corrected chi connectivity index (χ0v) is 11.2. The van der Waals surface area contributed by atoms with Gasteiger partial charge in [-0.3, -0.25) is 14.9 Å². The van der Waals surface area contributed by atoms with Crippen LogP contribution in [-0.2, 0) is 9.59 Å². The van der Waals surface area contributed by atoms with Gasteiger partial charge in [0.2, 0.25) is 5.91 Å². The number of benzene rings is 1. The lowest BCUT2D eigenvalue weighted by Gasteiger charge is -2.14. The summed E-state index contributed by atoms with van der Waals surface area (Å²) in [7, 11) is 0. The van der Waals surface area contributed by atoms with Crippen molar-refractivity contribution in [1.29, 1.82) is 0 Å². The Bertz CT molecular complexity index is 420. The molecule has 1 rings (SSSR count). The Hall–Kier alpha value is -1.88. The van der Waals surface area contributed by atoms with Crippen molar-refractivity contribution in [2.24, 2.45) is 0 Å². The van der Waals surface area contributed by atoms with Crippen LogP contribution in [0.5, 0.6) is 0 Å². The fraction of sp³-hybridized carbons (Fsp3) is 0.429. The van der Waals surface area contributed by atoms with E-state index in [0.29, 0.717) is 6.54 Å². The molecule has 19 heavy (non-hydrogen) atoms. The molecule has 0 aliphatic rings. The molecule has 5 nitrogen and oxygen atoms in total. The summed E-state index contributed by atoms with van der Waals surface area (Å²) < 4.78 is 0. The topological polar surface area (TPSA) is 78.4 Å². The highest BCUT2D eigenvalue weighted by Crippen LogP contribution is 2.12. The van der Waals surface area contributed by atoms with Gasteiger partial charge in [-0.25, -0.2) is 0 Å². The molecule has 0 heterocycles. The van der Waals surface area contributed by atoms with Gasteiger partial charge in [0, 0.05) is 6.54 Å². The molecule has 0 saturated carbocycles. The first-order chi connectivity index (χ1) is 9.00. The molecule has 1 aromatic carbocycles. The van der Waals surface area contributed by atoms with Gasteiger partial charge in [0.15, 0.2) is 0 Å². The summed E-state index contributed by atoms with van der Waals surface area (Å²) in [6.07, 6.45) is 0. The van der Waals surface area contributed by atoms with Crippen molar-refractivity contribution in [2.45, 2.75) is 25.8 Å². The fourth-order valence-electron chi connectivity index (χ4n) is 1.56. The summed E-state index contributed by atoms with van der Waals surface area (Å²) >= 11 is 0. The highest BCUT2D eigenvalue weighted by molar-refractivity contribution is 5.79. The molecule has 1 aromatic rings. The molecule has 0 fully saturated rings. The first-order valence-electron chi connectivity index (χ1n) is 6.28. The summed E-state index contributed by atoms with van der Waals surface area (Å²) in [4.78, 5) is 22.1. The summed E-state index contributed by atoms with van der Waals surface area (Å²) in [5, 5.41) is 14.1. The molecule has 0 aromatic heterocycles. The van der Waals surface area contributed by atoms with E-state index in [0.717, 1.165) is 5.56 Å². The van der Waals surface area contributed by atoms with Crippen LogP contribution >= 0.6 is 0 Å². The van der Waals surface area contributed by atoms with Gasteiger partial charge in [-0.05, 0) is 18.4 Å². The van der Waals surface area contributed by atoms with E-state index in [1.54, 1.807) is 0 Å². The molecule has 2 atom stereocenters. The van der Waals surface area contributed by atoms with E-state index in [2.05, 4.69) is 10.6 Å². The van der Waals surface area contributed by atoms with Gasteiger partial charge in [0.1, 0.15) is 6.04 Å². The second-order valence-electron chi connectivity index (χ2n) is 4.56. The number of amides is 1. The summed E-state index contributed by atoms with van der Waals surface area (Å²) in [6.45, 7) is 4.08. The van der Waals surface area contributed by atoms with E-state index in [4.69, 9.17) is 5.11 Å². The van der Waals surface area contributed by atoms with Crippen molar-refractivity contribution in [1.82, 2.24) is 10.6 Å². The third kappa shape index (κ3) is 5.52. The Morgan fingerprint density at radius 1 is 1.21 bits per heavy atom. The van der Waals surface area contributed by atoms with Crippen molar-refractivity contribution in [3.63, 3.8) is 0 Å². The Morgan fingerprint density at radius 2 is 1.84 bits per heavy atom. The lowest BCUT2D eigenvalue weighted by atomic mass is 10.0. The molecule has 0 saturated heterocycles. The number of hydrogen-bond donors (Lipinski definition) is 3. The van der Waals surface area contributed by atoms with Crippen LogP contribution in [-0.4, -0.2) is 36.1 Å². The van der Waals surface area contributed by atoms with Gasteiger partial charge in [-0.15, -0.1) is 0 Å². The average Bonchev–Trinajstić information content (AvgIpc) is 2.42. The quantitative estimate of drug-likeness (QED) is 0.685. The maximum Gasteiger partial charge on any atom is 0.320 e. The van der Waals surface area contributed by atoms with Gasteiger partial charge in [0.05, 0.1) is 6.54 Å². The lowest BCUT2D eigenvalue weighted by molar-refractivity contribution is -0.139. The van der Waals surface area contributed by atoms with Crippen LogP contribution in [0.1, 0.15) is 25.3 Å². The van der Waals surface area contributed by atoms with Gasteiger partial charge in [0.25, 0.3) is 0 Å². The zero-order chi connectivity index (χ0) is 14.3. The molecule has 1 amide bonds. The normalized spacial score (nSPS) is 13.6. The third-order valence-electron chi connectivity index (χ3n) is 2.91. The molecule has 0 radical (unpaired) electrons. The Balaban J connectivity index is 2.29. The third-order valence-corrected chi connectivity index (χ3v) is 2.91. The van der Waals surface area contributed by atoms with Crippen LogP contribution < -0.4 is 10.6 Å². The van der Waals surface area contributed by atoms with Crippen LogP contribution in [0.3, 0.4) is 0 Å². The predicted molar refractivity (Wildman–Crippen MR) is 73.0 cm³/mol. The predicted octanol–water partition coefficient (Wildman–Crippen LogP) is 0.969. The number of nitrogens with one attached hydrogen (secondary N) is 2. The minimum absolute atomic E-state index is 0.00891. The molecule has 0 aliphatic carbocycles. The monoisotopic (exact) mass is 264 g/mol. The molecular weight excluding hydrogens is 244 g/mol. The fourth-order valence-corrected chi connectivity index (χ4v) is 1.56. The van der Waals surface area contributed by atoms with Crippen molar-refractivity contribution in [2.75, 3.05) is 13.1 Å². The van der Waals surface area contributed by atoms with Crippen molar-refractivity contribution in [3.05, 3.63) is 35.9 Å². The maximum atomic E-state index is 11.5. The van der Waals surface area contributed by atoms with Crippen LogP contribution in [0.15, 0.2) is 30.3 Å². The van der Waals surface area contributed by atoms with E-state index in [-0.39, 0.29) is 18.4 Å². The number of carboxylic acids is 1. The number of aliphatic carboxylic acids is 1. The summed E-state index contributed by atoms with van der Waals surface area (Å²) in [5.74, 6) is -0.941. The van der Waals surface area contributed by atoms with E-state index >= 15 is 0 Å². The molecule has 0 spiro atoms. The molecule has 3 N–H and O–H groups in total. The Kier molecular flexibility index (Phi) is 6.02. The smallest absolute Gasteiger partial charge is 0.320 e. The van der Waals surface area contributed by atoms with Crippen LogP contribution in [0, 0.1) is 0 Å². The second-order valence-corrected chi connectivity index (χ2v) is 4.56. The van der Waals surface area contributed by atoms with Crippen molar-refractivity contribution < 1.29 is 14.7 Å². The van der Waals surface area contributed by atoms with E-state index in [9.17, 15) is 9.59 Å². The summed E-state index contributed by atoms with van der Waals surface area (Å²) in [6, 6.07) is 9.18. The molecule has 1 unspecified atom stereocenters. The number of rotatable bonds is 7. The number of carbonyl (C=O) groups is 2. The maximum absolute atomic E-state index is 11.5. The van der Waals surface area contributed by atoms with Crippen LogP contribution in [0.25, 0.3) is 0 Å². The van der Waals surface area contributed by atoms with E-state index in [1.165, 1.54) is 6.92 Å². The van der Waals surface area contributed by atoms with Gasteiger partial charge in [-0.1, -0.05) is 37.3 Å². The molecule has 5 heteroatoms. The first kappa shape index (κ1) is 15.2. The zero-order valence-electron chi connectivity index (χ0n) is 11.2. The second kappa shape index (κ2) is 7.53. The van der Waals surface area contributed by atoms with Gasteiger partial charge >= 0.3 is 5.97 Å². The van der Waals surface area contributed by atoms with Crippen LogP contribution in [0.4, 0.5) is 0 Å². The van der Waals surface area contributed by atoms with Gasteiger partial charge in [-0.2, -0.15) is 0 Å². The van der Waals surface area contributed by atoms with E-state index < -0.39 is 12.0 Å². The molecule has 0 aliphatic heterocycles. The standard InChI is InChI=1S/C14H20N2O3/c1-10(12-6-4-3-5-7-12)8-16-13(17)9-15-11(2)14(18)19/h3-7,10-11,15H,8-9H2,1-2H3,(H,16,17)(H,18,19)/t10?,11-/m1/s1. The average molecular weight is 264 g/mol. The van der Waals surface area contributed by atoms with Crippen LogP contribution in [0.2, 0.25) is 0 Å². The van der Waals surface area contributed by atoms with Crippen molar-refractivity contribution >= 4 is 11.9 Å². The van der Waals surface area contributed by atoms with E-state index in [1.807, 2.05) is 37.3 Å². The largest absolute Gasteiger partial charge is 0.480 e. The Labute approximate surface area is 113 Å².